The summed E-state index contributed by atoms with van der Waals surface area (Å²) < 4.78 is 30.8. The number of hydrogen-bond acceptors (Lipinski definition) is 6. The number of nitrogens with one attached hydrogen (secondary N) is 1. The Morgan fingerprint density at radius 1 is 0.422 bits per heavy atom. The van der Waals surface area contributed by atoms with E-state index < -0.39 is 20.0 Å². The van der Waals surface area contributed by atoms with Crippen LogP contribution in [-0.2, 0) is 27.9 Å². The number of carbonyl (C=O) groups is 2. The average Bonchev–Trinajstić information content (AvgIpc) is 3.46. The number of unbranched alkanes of at least 4 members (excludes halogenated alkanes) is 38. The van der Waals surface area contributed by atoms with Crippen LogP contribution in [-0.4, -0.2) is 74.3 Å². The first kappa shape index (κ1) is 80.5. The van der Waals surface area contributed by atoms with Gasteiger partial charge in [-0.1, -0.05) is 287 Å². The number of rotatable bonds is 64. The van der Waals surface area contributed by atoms with Crippen LogP contribution < -0.4 is 5.32 Å². The number of likely N-dealkylation sites (N-methyl/N-ethyl adjacent to an activating group) is 1. The quantitative estimate of drug-likeness (QED) is 0.0205. The molecular formula is C73H136N2O7P+. The lowest BCUT2D eigenvalue weighted by Crippen LogP contribution is -2.47. The lowest BCUT2D eigenvalue weighted by Gasteiger charge is -2.27. The molecule has 2 N–H and O–H groups in total. The van der Waals surface area contributed by atoms with E-state index in [4.69, 9.17) is 13.8 Å². The lowest BCUT2D eigenvalue weighted by molar-refractivity contribution is -0.870. The summed E-state index contributed by atoms with van der Waals surface area (Å²) in [6.07, 6.45) is 81.9. The fourth-order valence-electron chi connectivity index (χ4n) is 10.2. The molecule has 0 aromatic heterocycles. The van der Waals surface area contributed by atoms with Crippen molar-refractivity contribution in [3.05, 3.63) is 72.9 Å². The monoisotopic (exact) mass is 1180 g/mol. The molecule has 0 aromatic rings. The predicted molar refractivity (Wildman–Crippen MR) is 360 cm³/mol. The number of quaternary nitrogens is 1. The Morgan fingerprint density at radius 3 is 1.13 bits per heavy atom. The Labute approximate surface area is 514 Å². The molecule has 0 aliphatic heterocycles. The molecule has 0 rings (SSSR count). The molecule has 0 spiro atoms. The molecule has 0 radical (unpaired) electrons. The number of esters is 1. The van der Waals surface area contributed by atoms with E-state index in [0.717, 1.165) is 89.9 Å². The van der Waals surface area contributed by atoms with Crippen molar-refractivity contribution in [2.75, 3.05) is 40.9 Å². The summed E-state index contributed by atoms with van der Waals surface area (Å²) >= 11 is 0. The van der Waals surface area contributed by atoms with Gasteiger partial charge in [0.15, 0.2) is 0 Å². The van der Waals surface area contributed by atoms with Crippen LogP contribution in [0.15, 0.2) is 72.9 Å². The van der Waals surface area contributed by atoms with Crippen LogP contribution in [0.5, 0.6) is 0 Å². The fourth-order valence-corrected chi connectivity index (χ4v) is 10.9. The molecular weight excluding hydrogens is 1050 g/mol. The van der Waals surface area contributed by atoms with Gasteiger partial charge in [0.05, 0.1) is 33.8 Å². The highest BCUT2D eigenvalue weighted by molar-refractivity contribution is 7.47. The largest absolute Gasteiger partial charge is 0.472 e. The minimum atomic E-state index is -4.46. The standard InChI is InChI=1S/C73H135N2O7P/c1-7-10-13-16-19-22-25-28-30-32-34-35-36-37-38-39-41-43-45-48-51-54-57-60-63-66-73(77)82-71(64-61-58-55-52-49-46-27-24-21-18-15-12-9-3)70(69-81-83(78,79)80-68-67-75(4,5)6)74-72(76)65-62-59-56-53-50-47-44-42-40-33-31-29-26-23-20-17-14-11-8-2/h19,22,28-31,34-35,37-38,61,64,70-71H,7-18,20-21,23-27,32-33,36,39-60,62-63,65-69H2,1-6H3,(H-,74,76,78,79)/p+1/b22-19-,30-28-,31-29+,35-34-,38-37-,64-61-. The van der Waals surface area contributed by atoms with E-state index in [1.54, 1.807) is 0 Å². The van der Waals surface area contributed by atoms with Gasteiger partial charge in [0.2, 0.25) is 5.91 Å². The first-order valence-corrected chi connectivity index (χ1v) is 36.8. The summed E-state index contributed by atoms with van der Waals surface area (Å²) in [4.78, 5) is 37.9. The van der Waals surface area contributed by atoms with Crippen molar-refractivity contribution in [2.24, 2.45) is 0 Å². The third-order valence-electron chi connectivity index (χ3n) is 15.6. The van der Waals surface area contributed by atoms with Gasteiger partial charge in [-0.3, -0.25) is 18.6 Å². The maximum absolute atomic E-state index is 13.6. The van der Waals surface area contributed by atoms with Crippen LogP contribution in [0.25, 0.3) is 0 Å². The van der Waals surface area contributed by atoms with Gasteiger partial charge in [0.1, 0.15) is 19.3 Å². The van der Waals surface area contributed by atoms with Crippen molar-refractivity contribution >= 4 is 19.7 Å². The number of phosphoric ester groups is 1. The van der Waals surface area contributed by atoms with E-state index in [2.05, 4.69) is 86.8 Å². The van der Waals surface area contributed by atoms with E-state index in [0.29, 0.717) is 17.4 Å². The number of phosphoric acid groups is 1. The number of amides is 1. The minimum absolute atomic E-state index is 0.0376. The molecule has 0 aliphatic rings. The zero-order valence-corrected chi connectivity index (χ0v) is 56.3. The van der Waals surface area contributed by atoms with Crippen molar-refractivity contribution in [1.82, 2.24) is 5.32 Å². The number of allylic oxidation sites excluding steroid dienone is 11. The average molecular weight is 1180 g/mol. The Kier molecular flexibility index (Phi) is 60.6. The van der Waals surface area contributed by atoms with Crippen LogP contribution in [0, 0.1) is 0 Å². The molecule has 3 unspecified atom stereocenters. The van der Waals surface area contributed by atoms with Gasteiger partial charge in [-0.05, 0) is 102 Å². The third-order valence-corrected chi connectivity index (χ3v) is 16.6. The minimum Gasteiger partial charge on any atom is -0.456 e. The Bertz CT molecular complexity index is 1650. The van der Waals surface area contributed by atoms with Crippen molar-refractivity contribution in [1.29, 1.82) is 0 Å². The Hall–Kier alpha value is -2.55. The fraction of sp³-hybridized carbons (Fsp3) is 0.808. The van der Waals surface area contributed by atoms with E-state index in [1.807, 2.05) is 33.3 Å². The van der Waals surface area contributed by atoms with E-state index >= 15 is 0 Å². The molecule has 0 aromatic carbocycles. The Morgan fingerprint density at radius 2 is 0.735 bits per heavy atom. The molecule has 10 heteroatoms. The topological polar surface area (TPSA) is 111 Å². The van der Waals surface area contributed by atoms with E-state index in [9.17, 15) is 19.0 Å². The van der Waals surface area contributed by atoms with Crippen molar-refractivity contribution in [3.63, 3.8) is 0 Å². The molecule has 0 bridgehead atoms. The van der Waals surface area contributed by atoms with Gasteiger partial charge in [0, 0.05) is 12.8 Å². The van der Waals surface area contributed by atoms with Gasteiger partial charge >= 0.3 is 13.8 Å². The molecule has 0 heterocycles. The highest BCUT2D eigenvalue weighted by Crippen LogP contribution is 2.43. The van der Waals surface area contributed by atoms with Gasteiger partial charge < -0.3 is 19.4 Å². The van der Waals surface area contributed by atoms with Crippen molar-refractivity contribution < 1.29 is 37.3 Å². The second-order valence-electron chi connectivity index (χ2n) is 25.0. The van der Waals surface area contributed by atoms with Crippen LogP contribution in [0.3, 0.4) is 0 Å². The summed E-state index contributed by atoms with van der Waals surface area (Å²) in [5.74, 6) is -0.505. The highest BCUT2D eigenvalue weighted by Gasteiger charge is 2.30. The predicted octanol–water partition coefficient (Wildman–Crippen LogP) is 22.3. The molecule has 9 nitrogen and oxygen atoms in total. The van der Waals surface area contributed by atoms with Crippen molar-refractivity contribution in [2.45, 2.75) is 341 Å². The summed E-state index contributed by atoms with van der Waals surface area (Å²) in [7, 11) is 1.49. The highest BCUT2D eigenvalue weighted by atomic mass is 31.2. The van der Waals surface area contributed by atoms with E-state index in [1.165, 1.54) is 205 Å². The van der Waals surface area contributed by atoms with Crippen LogP contribution >= 0.6 is 7.82 Å². The Balaban J connectivity index is 5.14. The van der Waals surface area contributed by atoms with Crippen LogP contribution in [0.2, 0.25) is 0 Å². The second kappa shape index (κ2) is 62.5. The molecule has 0 aliphatic carbocycles. The zero-order valence-electron chi connectivity index (χ0n) is 55.4. The van der Waals surface area contributed by atoms with Gasteiger partial charge in [-0.15, -0.1) is 0 Å². The van der Waals surface area contributed by atoms with E-state index in [-0.39, 0.29) is 31.5 Å². The third kappa shape index (κ3) is 63.8. The SMILES string of the molecule is CCCCC/C=C\C/C=C\C/C=C\C/C=C\CCCCCCCCCCCC(=O)OC(/C=C\CCCCCCCCCCCCC)C(COP(=O)(O)OCC[N+](C)(C)C)NC(=O)CCCCCCCCCCC/C=C/CCCCCCCC. The molecule has 3 atom stereocenters. The van der Waals surface area contributed by atoms with Crippen LogP contribution in [0.1, 0.15) is 329 Å². The number of nitrogens with zero attached hydrogens (tertiary/aromatic N) is 1. The normalized spacial score (nSPS) is 14.0. The number of hydrogen-bond donors (Lipinski definition) is 2. The first-order valence-electron chi connectivity index (χ1n) is 35.3. The van der Waals surface area contributed by atoms with Crippen molar-refractivity contribution in [3.8, 4) is 0 Å². The molecule has 0 saturated heterocycles. The molecule has 83 heavy (non-hydrogen) atoms. The summed E-state index contributed by atoms with van der Waals surface area (Å²) in [6, 6.07) is -0.855. The lowest BCUT2D eigenvalue weighted by atomic mass is 10.0. The van der Waals surface area contributed by atoms with Gasteiger partial charge in [0.25, 0.3) is 0 Å². The molecule has 0 fully saturated rings. The smallest absolute Gasteiger partial charge is 0.456 e. The van der Waals surface area contributed by atoms with Gasteiger partial charge in [-0.2, -0.15) is 0 Å². The molecule has 0 saturated carbocycles. The van der Waals surface area contributed by atoms with Crippen LogP contribution in [0.4, 0.5) is 0 Å². The summed E-state index contributed by atoms with van der Waals surface area (Å²) in [6.45, 7) is 7.01. The van der Waals surface area contributed by atoms with Gasteiger partial charge in [-0.25, -0.2) is 4.57 Å². The summed E-state index contributed by atoms with van der Waals surface area (Å²) in [5, 5.41) is 3.07. The molecule has 1 amide bonds. The maximum atomic E-state index is 13.6. The summed E-state index contributed by atoms with van der Waals surface area (Å²) in [5.41, 5.74) is 0. The second-order valence-corrected chi connectivity index (χ2v) is 26.5. The zero-order chi connectivity index (χ0) is 60.7. The maximum Gasteiger partial charge on any atom is 0.472 e. The first-order chi connectivity index (χ1) is 40.4. The number of ether oxygens (including phenoxy) is 1. The number of carbonyl (C=O) groups excluding carboxylic acids is 2. The molecule has 484 valence electrons.